The Morgan fingerprint density at radius 1 is 1.16 bits per heavy atom. The molecule has 0 aliphatic carbocycles. The summed E-state index contributed by atoms with van der Waals surface area (Å²) in [6.45, 7) is 4.96. The van der Waals surface area contributed by atoms with E-state index in [0.29, 0.717) is 6.10 Å². The summed E-state index contributed by atoms with van der Waals surface area (Å²) in [5.41, 5.74) is 1.08. The van der Waals surface area contributed by atoms with Gasteiger partial charge in [0.1, 0.15) is 5.82 Å². The minimum Gasteiger partial charge on any atom is -0.378 e. The van der Waals surface area contributed by atoms with Gasteiger partial charge in [-0.1, -0.05) is 18.2 Å². The van der Waals surface area contributed by atoms with Gasteiger partial charge in [0.25, 0.3) is 0 Å². The molecule has 1 aromatic heterocycles. The largest absolute Gasteiger partial charge is 0.378 e. The minimum absolute atomic E-state index is 0.432. The third kappa shape index (κ3) is 2.71. The van der Waals surface area contributed by atoms with Gasteiger partial charge in [-0.15, -0.1) is 0 Å². The number of aromatic nitrogens is 1. The molecule has 1 saturated heterocycles. The van der Waals surface area contributed by atoms with Crippen LogP contribution in [0.3, 0.4) is 0 Å². The number of piperidine rings is 1. The number of fused-ring (bicyclic) bond motifs is 1. The Labute approximate surface area is 114 Å². The van der Waals surface area contributed by atoms with Gasteiger partial charge in [0.2, 0.25) is 0 Å². The van der Waals surface area contributed by atoms with Crippen molar-refractivity contribution < 1.29 is 4.74 Å². The summed E-state index contributed by atoms with van der Waals surface area (Å²) in [5, 5.41) is 1.20. The first kappa shape index (κ1) is 12.4. The molecule has 0 N–H and O–H groups in total. The van der Waals surface area contributed by atoms with Crippen LogP contribution in [0.4, 0.5) is 5.82 Å². The Morgan fingerprint density at radius 3 is 2.74 bits per heavy atom. The molecule has 19 heavy (non-hydrogen) atoms. The molecular weight excluding hydrogens is 236 g/mol. The number of rotatable bonds is 3. The Balaban J connectivity index is 1.74. The molecule has 2 aromatic rings. The van der Waals surface area contributed by atoms with Gasteiger partial charge in [-0.25, -0.2) is 4.98 Å². The number of ether oxygens (including phenoxy) is 1. The molecule has 0 atom stereocenters. The maximum absolute atomic E-state index is 5.69. The van der Waals surface area contributed by atoms with E-state index in [1.54, 1.807) is 0 Å². The zero-order chi connectivity index (χ0) is 13.1. The fourth-order valence-corrected chi connectivity index (χ4v) is 2.72. The zero-order valence-electron chi connectivity index (χ0n) is 11.4. The number of benzene rings is 1. The Morgan fingerprint density at radius 2 is 1.95 bits per heavy atom. The highest BCUT2D eigenvalue weighted by Crippen LogP contribution is 2.22. The fourth-order valence-electron chi connectivity index (χ4n) is 2.72. The number of hydrogen-bond donors (Lipinski definition) is 0. The molecule has 0 spiro atoms. The topological polar surface area (TPSA) is 25.4 Å². The van der Waals surface area contributed by atoms with Gasteiger partial charge >= 0.3 is 0 Å². The third-order valence-corrected chi connectivity index (χ3v) is 3.75. The molecule has 1 aromatic carbocycles. The molecule has 0 unspecified atom stereocenters. The number of anilines is 1. The standard InChI is InChI=1S/C16H20N2O/c1-2-19-14-9-11-18(12-10-14)16-8-7-13-5-3-4-6-15(13)17-16/h3-8,14H,2,9-12H2,1H3. The average Bonchev–Trinajstić information content (AvgIpc) is 2.48. The van der Waals surface area contributed by atoms with E-state index < -0.39 is 0 Å². The van der Waals surface area contributed by atoms with E-state index in [-0.39, 0.29) is 0 Å². The third-order valence-electron chi connectivity index (χ3n) is 3.75. The lowest BCUT2D eigenvalue weighted by Gasteiger charge is -2.32. The monoisotopic (exact) mass is 256 g/mol. The van der Waals surface area contributed by atoms with Crippen molar-refractivity contribution >= 4 is 16.7 Å². The molecule has 0 amide bonds. The van der Waals surface area contributed by atoms with Crippen LogP contribution in [-0.4, -0.2) is 30.8 Å². The van der Waals surface area contributed by atoms with E-state index in [4.69, 9.17) is 9.72 Å². The molecule has 2 heterocycles. The molecule has 3 heteroatoms. The van der Waals surface area contributed by atoms with Crippen LogP contribution in [-0.2, 0) is 4.74 Å². The predicted octanol–water partition coefficient (Wildman–Crippen LogP) is 3.24. The van der Waals surface area contributed by atoms with Crippen LogP contribution in [0.5, 0.6) is 0 Å². The first-order valence-electron chi connectivity index (χ1n) is 7.09. The van der Waals surface area contributed by atoms with E-state index in [1.807, 2.05) is 6.07 Å². The number of para-hydroxylation sites is 1. The fraction of sp³-hybridized carbons (Fsp3) is 0.438. The van der Waals surface area contributed by atoms with E-state index in [1.165, 1.54) is 5.39 Å². The van der Waals surface area contributed by atoms with Crippen LogP contribution in [0, 0.1) is 0 Å². The van der Waals surface area contributed by atoms with Crippen LogP contribution >= 0.6 is 0 Å². The second-order valence-corrected chi connectivity index (χ2v) is 5.00. The Hall–Kier alpha value is -1.61. The maximum Gasteiger partial charge on any atom is 0.129 e. The van der Waals surface area contributed by atoms with Gasteiger partial charge in [-0.05, 0) is 38.0 Å². The second-order valence-electron chi connectivity index (χ2n) is 5.00. The maximum atomic E-state index is 5.69. The molecule has 0 bridgehead atoms. The smallest absolute Gasteiger partial charge is 0.129 e. The quantitative estimate of drug-likeness (QED) is 0.843. The molecule has 100 valence electrons. The number of nitrogens with zero attached hydrogens (tertiary/aromatic N) is 2. The molecule has 1 fully saturated rings. The first-order valence-corrected chi connectivity index (χ1v) is 7.09. The van der Waals surface area contributed by atoms with Crippen molar-refractivity contribution in [2.75, 3.05) is 24.6 Å². The van der Waals surface area contributed by atoms with Gasteiger partial charge in [0.05, 0.1) is 11.6 Å². The summed E-state index contributed by atoms with van der Waals surface area (Å²) in [6, 6.07) is 12.6. The van der Waals surface area contributed by atoms with E-state index in [0.717, 1.165) is 43.9 Å². The van der Waals surface area contributed by atoms with Crippen LogP contribution < -0.4 is 4.90 Å². The van der Waals surface area contributed by atoms with Gasteiger partial charge in [-0.2, -0.15) is 0 Å². The van der Waals surface area contributed by atoms with Crippen LogP contribution in [0.15, 0.2) is 36.4 Å². The lowest BCUT2D eigenvalue weighted by Crippen LogP contribution is -2.37. The van der Waals surface area contributed by atoms with Gasteiger partial charge < -0.3 is 9.64 Å². The van der Waals surface area contributed by atoms with E-state index in [9.17, 15) is 0 Å². The minimum atomic E-state index is 0.432. The second kappa shape index (κ2) is 5.57. The highest BCUT2D eigenvalue weighted by Gasteiger charge is 2.20. The van der Waals surface area contributed by atoms with E-state index >= 15 is 0 Å². The molecular formula is C16H20N2O. The summed E-state index contributed by atoms with van der Waals surface area (Å²) in [4.78, 5) is 7.12. The predicted molar refractivity (Wildman–Crippen MR) is 78.6 cm³/mol. The Bertz CT molecular complexity index is 547. The molecule has 1 aliphatic heterocycles. The molecule has 0 saturated carbocycles. The molecule has 3 rings (SSSR count). The van der Waals surface area contributed by atoms with Crippen molar-refractivity contribution in [1.29, 1.82) is 0 Å². The van der Waals surface area contributed by atoms with Crippen molar-refractivity contribution in [3.05, 3.63) is 36.4 Å². The van der Waals surface area contributed by atoms with Crippen LogP contribution in [0.1, 0.15) is 19.8 Å². The first-order chi connectivity index (χ1) is 9.36. The van der Waals surface area contributed by atoms with Crippen molar-refractivity contribution in [2.45, 2.75) is 25.9 Å². The molecule has 3 nitrogen and oxygen atoms in total. The SMILES string of the molecule is CCOC1CCN(c2ccc3ccccc3n2)CC1. The summed E-state index contributed by atoms with van der Waals surface area (Å²) < 4.78 is 5.69. The van der Waals surface area contributed by atoms with Crippen molar-refractivity contribution in [3.63, 3.8) is 0 Å². The highest BCUT2D eigenvalue weighted by molar-refractivity contribution is 5.80. The summed E-state index contributed by atoms with van der Waals surface area (Å²) in [5.74, 6) is 1.09. The number of pyridine rings is 1. The van der Waals surface area contributed by atoms with Crippen LogP contribution in [0.2, 0.25) is 0 Å². The summed E-state index contributed by atoms with van der Waals surface area (Å²) in [7, 11) is 0. The Kier molecular flexibility index (Phi) is 3.65. The van der Waals surface area contributed by atoms with Crippen molar-refractivity contribution in [2.24, 2.45) is 0 Å². The van der Waals surface area contributed by atoms with Gasteiger partial charge in [-0.3, -0.25) is 0 Å². The summed E-state index contributed by atoms with van der Waals surface area (Å²) in [6.07, 6.45) is 2.63. The number of hydrogen-bond acceptors (Lipinski definition) is 3. The van der Waals surface area contributed by atoms with Gasteiger partial charge in [0, 0.05) is 25.1 Å². The summed E-state index contributed by atoms with van der Waals surface area (Å²) >= 11 is 0. The van der Waals surface area contributed by atoms with Crippen LogP contribution in [0.25, 0.3) is 10.9 Å². The lowest BCUT2D eigenvalue weighted by molar-refractivity contribution is 0.0458. The molecule has 1 aliphatic rings. The van der Waals surface area contributed by atoms with E-state index in [2.05, 4.69) is 42.2 Å². The zero-order valence-corrected chi connectivity index (χ0v) is 11.4. The lowest BCUT2D eigenvalue weighted by atomic mass is 10.1. The average molecular weight is 256 g/mol. The molecule has 0 radical (unpaired) electrons. The highest BCUT2D eigenvalue weighted by atomic mass is 16.5. The van der Waals surface area contributed by atoms with Crippen molar-refractivity contribution in [3.8, 4) is 0 Å². The van der Waals surface area contributed by atoms with Crippen molar-refractivity contribution in [1.82, 2.24) is 4.98 Å². The van der Waals surface area contributed by atoms with Gasteiger partial charge in [0.15, 0.2) is 0 Å². The normalized spacial score (nSPS) is 17.0.